The highest BCUT2D eigenvalue weighted by Gasteiger charge is 2.29. The quantitative estimate of drug-likeness (QED) is 0.799. The molecule has 2 saturated heterocycles. The Bertz CT molecular complexity index is 279. The minimum absolute atomic E-state index is 0.316. The molecule has 5 heteroatoms. The summed E-state index contributed by atoms with van der Waals surface area (Å²) < 4.78 is 0. The highest BCUT2D eigenvalue weighted by molar-refractivity contribution is 8.00. The molecule has 0 bridgehead atoms. The van der Waals surface area contributed by atoms with Gasteiger partial charge in [-0.3, -0.25) is 9.69 Å². The van der Waals surface area contributed by atoms with Crippen molar-refractivity contribution >= 4 is 17.7 Å². The first kappa shape index (κ1) is 14.2. The second kappa shape index (κ2) is 6.78. The van der Waals surface area contributed by atoms with Crippen molar-refractivity contribution in [2.75, 3.05) is 45.0 Å². The minimum atomic E-state index is 0.316. The Balaban J connectivity index is 1.86. The average molecular weight is 271 g/mol. The molecule has 18 heavy (non-hydrogen) atoms. The van der Waals surface area contributed by atoms with Gasteiger partial charge in [0.05, 0.1) is 6.54 Å². The molecular weight excluding hydrogens is 246 g/mol. The van der Waals surface area contributed by atoms with E-state index in [4.69, 9.17) is 0 Å². The van der Waals surface area contributed by atoms with E-state index in [1.807, 2.05) is 11.8 Å². The van der Waals surface area contributed by atoms with E-state index in [1.165, 1.54) is 0 Å². The van der Waals surface area contributed by atoms with Crippen molar-refractivity contribution < 1.29 is 4.79 Å². The van der Waals surface area contributed by atoms with Crippen LogP contribution in [0.25, 0.3) is 0 Å². The van der Waals surface area contributed by atoms with E-state index in [1.54, 1.807) is 0 Å². The van der Waals surface area contributed by atoms with E-state index in [2.05, 4.69) is 29.0 Å². The summed E-state index contributed by atoms with van der Waals surface area (Å²) >= 11 is 1.98. The predicted octanol–water partition coefficient (Wildman–Crippen LogP) is 0.634. The van der Waals surface area contributed by atoms with Gasteiger partial charge in [-0.1, -0.05) is 6.92 Å². The van der Waals surface area contributed by atoms with Crippen molar-refractivity contribution in [1.29, 1.82) is 0 Å². The molecule has 2 heterocycles. The largest absolute Gasteiger partial charge is 0.337 e. The van der Waals surface area contributed by atoms with Crippen LogP contribution in [-0.4, -0.2) is 72.0 Å². The maximum absolute atomic E-state index is 12.4. The number of hydrogen-bond acceptors (Lipinski definition) is 4. The Labute approximate surface area is 114 Å². The van der Waals surface area contributed by atoms with Gasteiger partial charge in [0.15, 0.2) is 0 Å². The van der Waals surface area contributed by atoms with Crippen LogP contribution in [-0.2, 0) is 4.79 Å². The summed E-state index contributed by atoms with van der Waals surface area (Å²) in [4.78, 5) is 16.8. The Morgan fingerprint density at radius 3 is 2.94 bits per heavy atom. The molecule has 0 spiro atoms. The molecule has 0 aromatic carbocycles. The molecule has 2 aliphatic heterocycles. The third-order valence-electron chi connectivity index (χ3n) is 4.00. The van der Waals surface area contributed by atoms with Crippen molar-refractivity contribution in [3.63, 3.8) is 0 Å². The van der Waals surface area contributed by atoms with Crippen LogP contribution in [0.5, 0.6) is 0 Å². The zero-order chi connectivity index (χ0) is 13.0. The van der Waals surface area contributed by atoms with E-state index in [0.29, 0.717) is 23.7 Å². The van der Waals surface area contributed by atoms with Crippen molar-refractivity contribution in [1.82, 2.24) is 15.1 Å². The molecule has 2 atom stereocenters. The fraction of sp³-hybridized carbons (Fsp3) is 0.923. The molecule has 0 radical (unpaired) electrons. The van der Waals surface area contributed by atoms with E-state index in [-0.39, 0.29) is 0 Å². The predicted molar refractivity (Wildman–Crippen MR) is 77.0 cm³/mol. The van der Waals surface area contributed by atoms with E-state index >= 15 is 0 Å². The second-order valence-corrected chi connectivity index (χ2v) is 6.77. The summed E-state index contributed by atoms with van der Waals surface area (Å²) in [7, 11) is 0. The Hall–Kier alpha value is -0.260. The molecule has 1 N–H and O–H groups in total. The Morgan fingerprint density at radius 1 is 1.28 bits per heavy atom. The topological polar surface area (TPSA) is 35.6 Å². The molecule has 2 rings (SSSR count). The van der Waals surface area contributed by atoms with Crippen LogP contribution in [0.4, 0.5) is 0 Å². The summed E-state index contributed by atoms with van der Waals surface area (Å²) in [6.07, 6.45) is 1.15. The normalized spacial score (nSPS) is 31.1. The zero-order valence-electron chi connectivity index (χ0n) is 11.5. The van der Waals surface area contributed by atoms with Gasteiger partial charge >= 0.3 is 0 Å². The third-order valence-corrected chi connectivity index (χ3v) is 5.33. The van der Waals surface area contributed by atoms with Crippen molar-refractivity contribution in [2.45, 2.75) is 31.6 Å². The lowest BCUT2D eigenvalue weighted by Gasteiger charge is -2.38. The highest BCUT2D eigenvalue weighted by atomic mass is 32.2. The number of carbonyl (C=O) groups is 1. The van der Waals surface area contributed by atoms with Crippen LogP contribution in [0.1, 0.15) is 20.3 Å². The number of thioether (sulfide) groups is 1. The van der Waals surface area contributed by atoms with E-state index < -0.39 is 0 Å². The number of amides is 1. The van der Waals surface area contributed by atoms with Gasteiger partial charge in [-0.15, -0.1) is 0 Å². The van der Waals surface area contributed by atoms with Gasteiger partial charge in [-0.2, -0.15) is 11.8 Å². The monoisotopic (exact) mass is 271 g/mol. The van der Waals surface area contributed by atoms with Crippen molar-refractivity contribution in [2.24, 2.45) is 0 Å². The molecule has 4 nitrogen and oxygen atoms in total. The Morgan fingerprint density at radius 2 is 2.11 bits per heavy atom. The maximum Gasteiger partial charge on any atom is 0.237 e. The number of hydrogen-bond donors (Lipinski definition) is 1. The lowest BCUT2D eigenvalue weighted by molar-refractivity contribution is -0.134. The lowest BCUT2D eigenvalue weighted by atomic mass is 10.2. The van der Waals surface area contributed by atoms with E-state index in [0.717, 1.165) is 44.9 Å². The fourth-order valence-corrected chi connectivity index (χ4v) is 3.73. The first-order valence-electron chi connectivity index (χ1n) is 7.02. The van der Waals surface area contributed by atoms with Crippen molar-refractivity contribution in [3.05, 3.63) is 0 Å². The van der Waals surface area contributed by atoms with Gasteiger partial charge in [0, 0.05) is 36.7 Å². The molecule has 104 valence electrons. The number of nitrogens with zero attached hydrogens (tertiary/aromatic N) is 2. The summed E-state index contributed by atoms with van der Waals surface area (Å²) in [6, 6.07) is 0.376. The van der Waals surface area contributed by atoms with Gasteiger partial charge < -0.3 is 10.2 Å². The Kier molecular flexibility index (Phi) is 5.33. The van der Waals surface area contributed by atoms with Crippen LogP contribution in [0.3, 0.4) is 0 Å². The summed E-state index contributed by atoms with van der Waals surface area (Å²) in [5.41, 5.74) is 0. The van der Waals surface area contributed by atoms with Crippen LogP contribution >= 0.6 is 11.8 Å². The first-order valence-corrected chi connectivity index (χ1v) is 8.07. The maximum atomic E-state index is 12.4. The molecular formula is C13H25N3OS. The number of rotatable bonds is 2. The van der Waals surface area contributed by atoms with Gasteiger partial charge in [0.25, 0.3) is 0 Å². The standard InChI is InChI=1S/C13H25N3OS/c1-11-12(2)18-9-8-16(11)13(17)10-15-6-3-4-14-5-7-15/h11-12,14H,3-10H2,1-2H3. The molecule has 0 aliphatic carbocycles. The first-order chi connectivity index (χ1) is 8.68. The van der Waals surface area contributed by atoms with Gasteiger partial charge in [-0.05, 0) is 26.4 Å². The lowest BCUT2D eigenvalue weighted by Crippen LogP contribution is -2.51. The molecule has 0 saturated carbocycles. The average Bonchev–Trinajstić information content (AvgIpc) is 2.61. The van der Waals surface area contributed by atoms with Crippen LogP contribution in [0.15, 0.2) is 0 Å². The highest BCUT2D eigenvalue weighted by Crippen LogP contribution is 2.24. The molecule has 2 aliphatic rings. The molecule has 2 fully saturated rings. The van der Waals surface area contributed by atoms with Crippen LogP contribution in [0, 0.1) is 0 Å². The molecule has 2 unspecified atom stereocenters. The number of carbonyl (C=O) groups excluding carboxylic acids is 1. The smallest absolute Gasteiger partial charge is 0.237 e. The molecule has 0 aromatic rings. The second-order valence-electron chi connectivity index (χ2n) is 5.28. The third kappa shape index (κ3) is 3.62. The fourth-order valence-electron chi connectivity index (χ4n) is 2.63. The summed E-state index contributed by atoms with van der Waals surface area (Å²) in [5.74, 6) is 1.40. The van der Waals surface area contributed by atoms with Gasteiger partial charge in [0.2, 0.25) is 5.91 Å². The van der Waals surface area contributed by atoms with Crippen LogP contribution in [0.2, 0.25) is 0 Å². The summed E-state index contributed by atoms with van der Waals surface area (Å²) in [5, 5.41) is 3.94. The van der Waals surface area contributed by atoms with Crippen LogP contribution < -0.4 is 5.32 Å². The van der Waals surface area contributed by atoms with E-state index in [9.17, 15) is 4.79 Å². The summed E-state index contributed by atoms with van der Waals surface area (Å²) in [6.45, 7) is 10.1. The van der Waals surface area contributed by atoms with Gasteiger partial charge in [0.1, 0.15) is 0 Å². The zero-order valence-corrected chi connectivity index (χ0v) is 12.3. The molecule has 0 aromatic heterocycles. The number of nitrogens with one attached hydrogen (secondary N) is 1. The SMILES string of the molecule is CC1SCCN(C(=O)CN2CCCNCC2)C1C. The minimum Gasteiger partial charge on any atom is -0.337 e. The molecule has 1 amide bonds. The van der Waals surface area contributed by atoms with Crippen molar-refractivity contribution in [3.8, 4) is 0 Å². The van der Waals surface area contributed by atoms with Gasteiger partial charge in [-0.25, -0.2) is 0 Å².